The zero-order valence-electron chi connectivity index (χ0n) is 13.5. The molecule has 3 aromatic rings. The van der Waals surface area contributed by atoms with Crippen LogP contribution in [-0.4, -0.2) is 9.67 Å². The zero-order valence-corrected chi connectivity index (χ0v) is 13.5. The van der Waals surface area contributed by atoms with Crippen LogP contribution in [0.4, 0.5) is 0 Å². The summed E-state index contributed by atoms with van der Waals surface area (Å²) < 4.78 is 2.34. The first kappa shape index (κ1) is 14.7. The fourth-order valence-corrected chi connectivity index (χ4v) is 3.07. The summed E-state index contributed by atoms with van der Waals surface area (Å²) in [7, 11) is 0. The van der Waals surface area contributed by atoms with E-state index in [9.17, 15) is 5.11 Å². The molecule has 3 rings (SSSR count). The molecule has 2 nitrogen and oxygen atoms in total. The molecule has 0 aliphatic rings. The topological polar surface area (TPSA) is 25.2 Å². The number of fused-ring (bicyclic) bond motifs is 1. The molecule has 0 fully saturated rings. The fourth-order valence-electron chi connectivity index (χ4n) is 3.07. The van der Waals surface area contributed by atoms with Crippen LogP contribution in [0, 0.1) is 12.8 Å². The number of benzene rings is 2. The van der Waals surface area contributed by atoms with Crippen LogP contribution in [0.2, 0.25) is 0 Å². The van der Waals surface area contributed by atoms with Crippen LogP contribution in [0.15, 0.2) is 48.5 Å². The molecular formula is C20H23NO. The Kier molecular flexibility index (Phi) is 3.93. The first-order valence-electron chi connectivity index (χ1n) is 7.90. The van der Waals surface area contributed by atoms with Crippen LogP contribution in [0.5, 0.6) is 5.75 Å². The number of hydrogen-bond acceptors (Lipinski definition) is 1. The van der Waals surface area contributed by atoms with Crippen LogP contribution >= 0.6 is 0 Å². The smallest absolute Gasteiger partial charge is 0.125 e. The first-order chi connectivity index (χ1) is 10.5. The Hall–Kier alpha value is -2.22. The number of aromatic hydroxyl groups is 1. The van der Waals surface area contributed by atoms with Gasteiger partial charge < -0.3 is 9.67 Å². The number of aryl methyl sites for hydroxylation is 1. The highest BCUT2D eigenvalue weighted by Crippen LogP contribution is 2.31. The molecule has 0 atom stereocenters. The van der Waals surface area contributed by atoms with Crippen molar-refractivity contribution < 1.29 is 5.11 Å². The zero-order chi connectivity index (χ0) is 15.7. The molecule has 2 heteroatoms. The predicted molar refractivity (Wildman–Crippen MR) is 92.4 cm³/mol. The van der Waals surface area contributed by atoms with Crippen molar-refractivity contribution in [3.8, 4) is 5.75 Å². The van der Waals surface area contributed by atoms with Crippen molar-refractivity contribution in [2.24, 2.45) is 5.92 Å². The molecule has 1 N–H and O–H groups in total. The summed E-state index contributed by atoms with van der Waals surface area (Å²) in [6.45, 7) is 7.34. The molecule has 0 aliphatic carbocycles. The van der Waals surface area contributed by atoms with Crippen LogP contribution < -0.4 is 0 Å². The van der Waals surface area contributed by atoms with Crippen molar-refractivity contribution in [3.63, 3.8) is 0 Å². The van der Waals surface area contributed by atoms with Gasteiger partial charge in [0.1, 0.15) is 5.75 Å². The SMILES string of the molecule is Cc1cc(O)c2cc(CC(C)C)n(Cc3ccccc3)c2c1. The standard InChI is InChI=1S/C20H23NO/c1-14(2)9-17-12-18-19(10-15(3)11-20(18)22)21(17)13-16-7-5-4-6-8-16/h4-8,10-12,14,22H,9,13H2,1-3H3. The minimum absolute atomic E-state index is 0.381. The summed E-state index contributed by atoms with van der Waals surface area (Å²) >= 11 is 0. The van der Waals surface area contributed by atoms with Gasteiger partial charge in [-0.2, -0.15) is 0 Å². The fraction of sp³-hybridized carbons (Fsp3) is 0.300. The van der Waals surface area contributed by atoms with E-state index in [1.54, 1.807) is 0 Å². The minimum Gasteiger partial charge on any atom is -0.507 e. The Balaban J connectivity index is 2.15. The second-order valence-electron chi connectivity index (χ2n) is 6.52. The number of phenolic OH excluding ortho intramolecular Hbond substituents is 1. The largest absolute Gasteiger partial charge is 0.507 e. The number of rotatable bonds is 4. The second kappa shape index (κ2) is 5.88. The van der Waals surface area contributed by atoms with E-state index < -0.39 is 0 Å². The third kappa shape index (κ3) is 2.87. The third-order valence-corrected chi connectivity index (χ3v) is 4.03. The third-order valence-electron chi connectivity index (χ3n) is 4.03. The van der Waals surface area contributed by atoms with Crippen molar-refractivity contribution >= 4 is 10.9 Å². The average molecular weight is 293 g/mol. The molecule has 1 heterocycles. The van der Waals surface area contributed by atoms with Crippen molar-refractivity contribution in [2.45, 2.75) is 33.7 Å². The highest BCUT2D eigenvalue weighted by molar-refractivity contribution is 5.88. The number of hydrogen-bond donors (Lipinski definition) is 1. The molecule has 22 heavy (non-hydrogen) atoms. The van der Waals surface area contributed by atoms with Crippen LogP contribution in [0.1, 0.15) is 30.7 Å². The van der Waals surface area contributed by atoms with Gasteiger partial charge in [0, 0.05) is 17.6 Å². The monoisotopic (exact) mass is 293 g/mol. The van der Waals surface area contributed by atoms with Crippen molar-refractivity contribution in [1.29, 1.82) is 0 Å². The van der Waals surface area contributed by atoms with Crippen LogP contribution in [-0.2, 0) is 13.0 Å². The van der Waals surface area contributed by atoms with Gasteiger partial charge in [-0.15, -0.1) is 0 Å². The highest BCUT2D eigenvalue weighted by Gasteiger charge is 2.13. The Labute approximate surface area is 132 Å². The van der Waals surface area contributed by atoms with Gasteiger partial charge in [-0.05, 0) is 48.6 Å². The summed E-state index contributed by atoms with van der Waals surface area (Å²) in [5, 5.41) is 11.2. The van der Waals surface area contributed by atoms with Crippen LogP contribution in [0.3, 0.4) is 0 Å². The van der Waals surface area contributed by atoms with Gasteiger partial charge in [-0.25, -0.2) is 0 Å². The Bertz CT molecular complexity index is 784. The molecule has 0 amide bonds. The molecule has 1 aromatic heterocycles. The normalized spacial score (nSPS) is 11.5. The predicted octanol–water partition coefficient (Wildman–Crippen LogP) is 4.90. The molecule has 114 valence electrons. The lowest BCUT2D eigenvalue weighted by molar-refractivity contribution is 0.481. The first-order valence-corrected chi connectivity index (χ1v) is 7.90. The van der Waals surface area contributed by atoms with Crippen molar-refractivity contribution in [1.82, 2.24) is 4.57 Å². The van der Waals surface area contributed by atoms with E-state index in [2.05, 4.69) is 54.8 Å². The van der Waals surface area contributed by atoms with Gasteiger partial charge in [0.15, 0.2) is 0 Å². The summed E-state index contributed by atoms with van der Waals surface area (Å²) in [6.07, 6.45) is 1.01. The lowest BCUT2D eigenvalue weighted by Gasteiger charge is -2.13. The van der Waals surface area contributed by atoms with E-state index in [0.717, 1.165) is 29.4 Å². The molecule has 0 saturated carbocycles. The molecule has 0 radical (unpaired) electrons. The molecular weight excluding hydrogens is 270 g/mol. The number of nitrogens with zero attached hydrogens (tertiary/aromatic N) is 1. The van der Waals surface area contributed by atoms with E-state index >= 15 is 0 Å². The molecule has 0 aliphatic heterocycles. The van der Waals surface area contributed by atoms with Gasteiger partial charge in [-0.1, -0.05) is 44.2 Å². The van der Waals surface area contributed by atoms with E-state index in [4.69, 9.17) is 0 Å². The lowest BCUT2D eigenvalue weighted by atomic mass is 10.1. The number of aromatic nitrogens is 1. The summed E-state index contributed by atoms with van der Waals surface area (Å²) in [5.41, 5.74) is 4.78. The average Bonchev–Trinajstić information content (AvgIpc) is 2.78. The summed E-state index contributed by atoms with van der Waals surface area (Å²) in [6, 6.07) is 16.7. The molecule has 0 unspecified atom stereocenters. The van der Waals surface area contributed by atoms with Crippen molar-refractivity contribution in [3.05, 3.63) is 65.4 Å². The van der Waals surface area contributed by atoms with E-state index in [-0.39, 0.29) is 0 Å². The van der Waals surface area contributed by atoms with Gasteiger partial charge in [-0.3, -0.25) is 0 Å². The Morgan fingerprint density at radius 3 is 2.45 bits per heavy atom. The maximum absolute atomic E-state index is 10.3. The molecule has 0 saturated heterocycles. The summed E-state index contributed by atoms with van der Waals surface area (Å²) in [4.78, 5) is 0. The van der Waals surface area contributed by atoms with Crippen molar-refractivity contribution in [2.75, 3.05) is 0 Å². The lowest BCUT2D eigenvalue weighted by Crippen LogP contribution is -2.06. The molecule has 0 spiro atoms. The van der Waals surface area contributed by atoms with E-state index in [1.807, 2.05) is 19.1 Å². The van der Waals surface area contributed by atoms with Crippen LogP contribution in [0.25, 0.3) is 10.9 Å². The van der Waals surface area contributed by atoms with E-state index in [0.29, 0.717) is 11.7 Å². The van der Waals surface area contributed by atoms with Gasteiger partial charge >= 0.3 is 0 Å². The van der Waals surface area contributed by atoms with Gasteiger partial charge in [0.2, 0.25) is 0 Å². The maximum Gasteiger partial charge on any atom is 0.125 e. The van der Waals surface area contributed by atoms with Gasteiger partial charge in [0.25, 0.3) is 0 Å². The number of phenols is 1. The minimum atomic E-state index is 0.381. The quantitative estimate of drug-likeness (QED) is 0.727. The van der Waals surface area contributed by atoms with E-state index in [1.165, 1.54) is 11.3 Å². The Morgan fingerprint density at radius 1 is 1.05 bits per heavy atom. The van der Waals surface area contributed by atoms with Gasteiger partial charge in [0.05, 0.1) is 5.52 Å². The summed E-state index contributed by atoms with van der Waals surface area (Å²) in [5.74, 6) is 0.967. The molecule has 0 bridgehead atoms. The second-order valence-corrected chi connectivity index (χ2v) is 6.52. The Morgan fingerprint density at radius 2 is 1.77 bits per heavy atom. The molecule has 2 aromatic carbocycles. The maximum atomic E-state index is 10.3. The highest BCUT2D eigenvalue weighted by atomic mass is 16.3.